The van der Waals surface area contributed by atoms with Gasteiger partial charge in [0.15, 0.2) is 0 Å². The van der Waals surface area contributed by atoms with Gasteiger partial charge in [-0.2, -0.15) is 13.2 Å². The van der Waals surface area contributed by atoms with Gasteiger partial charge in [0, 0.05) is 11.5 Å². The molecule has 1 rings (SSSR count). The van der Waals surface area contributed by atoms with E-state index in [4.69, 9.17) is 10.3 Å². The van der Waals surface area contributed by atoms with Crippen LogP contribution in [0.2, 0.25) is 0 Å². The number of methoxy groups -OCH3 is 1. The Labute approximate surface area is 101 Å². The van der Waals surface area contributed by atoms with Crippen molar-refractivity contribution in [2.45, 2.75) is 6.18 Å². The van der Waals surface area contributed by atoms with Gasteiger partial charge in [-0.05, 0) is 23.2 Å². The van der Waals surface area contributed by atoms with Gasteiger partial charge in [0.1, 0.15) is 5.75 Å². The molecular weight excluding hydrogens is 247 g/mol. The van der Waals surface area contributed by atoms with E-state index in [2.05, 4.69) is 10.0 Å². The largest absolute Gasteiger partial charge is 0.497 e. The van der Waals surface area contributed by atoms with E-state index in [-0.39, 0.29) is 17.9 Å². The van der Waals surface area contributed by atoms with Crippen molar-refractivity contribution < 1.29 is 17.9 Å². The zero-order chi connectivity index (χ0) is 13.6. The van der Waals surface area contributed by atoms with Crippen LogP contribution < -0.4 is 4.74 Å². The summed E-state index contributed by atoms with van der Waals surface area (Å²) in [6.07, 6.45) is -1.85. The van der Waals surface area contributed by atoms with E-state index in [9.17, 15) is 13.2 Å². The normalized spacial score (nSPS) is 11.3. The summed E-state index contributed by atoms with van der Waals surface area (Å²) in [4.78, 5) is 2.50. The molecule has 0 amide bonds. The van der Waals surface area contributed by atoms with E-state index < -0.39 is 11.7 Å². The molecule has 0 atom stereocenters. The first-order valence-corrected chi connectivity index (χ1v) is 4.91. The van der Waals surface area contributed by atoms with Crippen LogP contribution in [0.4, 0.5) is 13.2 Å². The summed E-state index contributed by atoms with van der Waals surface area (Å²) in [5.41, 5.74) is 7.25. The van der Waals surface area contributed by atoms with E-state index in [1.54, 1.807) is 0 Å². The molecule has 4 nitrogen and oxygen atoms in total. The SMILES string of the molecule is COc1ccc(C=CCN=[N+]=[N-])c(C(F)(F)F)c1. The molecular formula is C11H10F3N3O. The molecule has 0 aliphatic rings. The van der Waals surface area contributed by atoms with Crippen LogP contribution in [0.1, 0.15) is 11.1 Å². The fourth-order valence-electron chi connectivity index (χ4n) is 1.32. The Balaban J connectivity index is 3.10. The van der Waals surface area contributed by atoms with Gasteiger partial charge in [-0.25, -0.2) is 0 Å². The van der Waals surface area contributed by atoms with Crippen molar-refractivity contribution in [1.82, 2.24) is 0 Å². The minimum atomic E-state index is -4.47. The van der Waals surface area contributed by atoms with Gasteiger partial charge < -0.3 is 4.74 Å². The number of hydrogen-bond donors (Lipinski definition) is 0. The molecule has 0 heterocycles. The van der Waals surface area contributed by atoms with Gasteiger partial charge in [-0.3, -0.25) is 0 Å². The van der Waals surface area contributed by atoms with Crippen molar-refractivity contribution in [3.63, 3.8) is 0 Å². The van der Waals surface area contributed by atoms with Crippen LogP contribution in [0, 0.1) is 0 Å². The highest BCUT2D eigenvalue weighted by atomic mass is 19.4. The van der Waals surface area contributed by atoms with Crippen LogP contribution in [0.25, 0.3) is 16.5 Å². The molecule has 1 aromatic rings. The highest BCUT2D eigenvalue weighted by Crippen LogP contribution is 2.34. The predicted molar refractivity (Wildman–Crippen MR) is 61.0 cm³/mol. The molecule has 96 valence electrons. The number of hydrogen-bond acceptors (Lipinski definition) is 2. The third-order valence-electron chi connectivity index (χ3n) is 2.11. The minimum absolute atomic E-state index is 0.000172. The van der Waals surface area contributed by atoms with E-state index in [0.29, 0.717) is 0 Å². The average molecular weight is 257 g/mol. The van der Waals surface area contributed by atoms with Gasteiger partial charge in [0.25, 0.3) is 0 Å². The molecule has 0 N–H and O–H groups in total. The molecule has 0 radical (unpaired) electrons. The third kappa shape index (κ3) is 3.71. The Morgan fingerprint density at radius 2 is 2.17 bits per heavy atom. The van der Waals surface area contributed by atoms with Crippen molar-refractivity contribution >= 4 is 6.08 Å². The molecule has 0 unspecified atom stereocenters. The van der Waals surface area contributed by atoms with Gasteiger partial charge in [0.2, 0.25) is 0 Å². The molecule has 0 aliphatic carbocycles. The number of benzene rings is 1. The first-order chi connectivity index (χ1) is 8.49. The highest BCUT2D eigenvalue weighted by Gasteiger charge is 2.33. The summed E-state index contributed by atoms with van der Waals surface area (Å²) in [5, 5.41) is 3.20. The lowest BCUT2D eigenvalue weighted by Gasteiger charge is -2.11. The lowest BCUT2D eigenvalue weighted by Crippen LogP contribution is -2.07. The minimum Gasteiger partial charge on any atom is -0.497 e. The molecule has 0 aromatic heterocycles. The molecule has 1 aromatic carbocycles. The van der Waals surface area contributed by atoms with Crippen LogP contribution in [0.3, 0.4) is 0 Å². The molecule has 7 heteroatoms. The van der Waals surface area contributed by atoms with E-state index >= 15 is 0 Å². The quantitative estimate of drug-likeness (QED) is 0.456. The third-order valence-corrected chi connectivity index (χ3v) is 2.11. The summed E-state index contributed by atoms with van der Waals surface area (Å²) >= 11 is 0. The fourth-order valence-corrected chi connectivity index (χ4v) is 1.32. The lowest BCUT2D eigenvalue weighted by molar-refractivity contribution is -0.137. The predicted octanol–water partition coefficient (Wildman–Crippen LogP) is 4.04. The van der Waals surface area contributed by atoms with Gasteiger partial charge in [-0.15, -0.1) is 0 Å². The molecule has 0 fully saturated rings. The second-order valence-electron chi connectivity index (χ2n) is 3.27. The first kappa shape index (κ1) is 13.9. The fraction of sp³-hybridized carbons (Fsp3) is 0.273. The maximum atomic E-state index is 12.8. The number of alkyl halides is 3. The number of halogens is 3. The average Bonchev–Trinajstić information content (AvgIpc) is 2.33. The molecule has 18 heavy (non-hydrogen) atoms. The molecule has 0 aliphatic heterocycles. The van der Waals surface area contributed by atoms with Crippen LogP contribution in [-0.2, 0) is 6.18 Å². The van der Waals surface area contributed by atoms with Crippen molar-refractivity contribution in [2.24, 2.45) is 5.11 Å². The van der Waals surface area contributed by atoms with Crippen molar-refractivity contribution in [2.75, 3.05) is 13.7 Å². The standard InChI is InChI=1S/C11H10F3N3O/c1-18-9-5-4-8(3-2-6-16-17-15)10(7-9)11(12,13)14/h2-5,7H,6H2,1H3. The Kier molecular flexibility index (Phi) is 4.62. The maximum Gasteiger partial charge on any atom is 0.417 e. The second-order valence-corrected chi connectivity index (χ2v) is 3.27. The number of ether oxygens (including phenoxy) is 1. The lowest BCUT2D eigenvalue weighted by atomic mass is 10.1. The zero-order valence-electron chi connectivity index (χ0n) is 9.48. The van der Waals surface area contributed by atoms with Gasteiger partial charge in [0.05, 0.1) is 12.7 Å². The summed E-state index contributed by atoms with van der Waals surface area (Å²) < 4.78 is 43.1. The maximum absolute atomic E-state index is 12.8. The number of nitrogens with zero attached hydrogens (tertiary/aromatic N) is 3. The van der Waals surface area contributed by atoms with E-state index in [1.807, 2.05) is 0 Å². The van der Waals surface area contributed by atoms with E-state index in [0.717, 1.165) is 6.07 Å². The van der Waals surface area contributed by atoms with Crippen molar-refractivity contribution in [1.29, 1.82) is 0 Å². The summed E-state index contributed by atoms with van der Waals surface area (Å²) in [7, 11) is 1.30. The number of rotatable bonds is 4. The molecule has 0 saturated carbocycles. The topological polar surface area (TPSA) is 58.0 Å². The highest BCUT2D eigenvalue weighted by molar-refractivity contribution is 5.56. The molecule has 0 saturated heterocycles. The van der Waals surface area contributed by atoms with Crippen LogP contribution >= 0.6 is 0 Å². The summed E-state index contributed by atoms with van der Waals surface area (Å²) in [6.45, 7) is -0.000172. The van der Waals surface area contributed by atoms with Crippen molar-refractivity contribution in [3.05, 3.63) is 45.8 Å². The van der Waals surface area contributed by atoms with Crippen LogP contribution in [0.15, 0.2) is 29.4 Å². The molecule has 0 bridgehead atoms. The zero-order valence-corrected chi connectivity index (χ0v) is 9.48. The smallest absolute Gasteiger partial charge is 0.417 e. The van der Waals surface area contributed by atoms with Crippen LogP contribution in [-0.4, -0.2) is 13.7 Å². The van der Waals surface area contributed by atoms with Gasteiger partial charge >= 0.3 is 6.18 Å². The first-order valence-electron chi connectivity index (χ1n) is 4.91. The van der Waals surface area contributed by atoms with Crippen LogP contribution in [0.5, 0.6) is 5.75 Å². The Bertz CT molecular complexity index is 491. The Morgan fingerprint density at radius 3 is 2.72 bits per heavy atom. The Hall–Kier alpha value is -2.14. The number of azide groups is 1. The Morgan fingerprint density at radius 1 is 1.44 bits per heavy atom. The van der Waals surface area contributed by atoms with Gasteiger partial charge in [-0.1, -0.05) is 23.3 Å². The van der Waals surface area contributed by atoms with Crippen molar-refractivity contribution in [3.8, 4) is 5.75 Å². The monoisotopic (exact) mass is 257 g/mol. The second kappa shape index (κ2) is 5.97. The molecule has 0 spiro atoms. The summed E-state index contributed by atoms with van der Waals surface area (Å²) in [6, 6.07) is 3.66. The summed E-state index contributed by atoms with van der Waals surface area (Å²) in [5.74, 6) is 0.134. The van der Waals surface area contributed by atoms with E-state index in [1.165, 1.54) is 31.4 Å².